The minimum absolute atomic E-state index is 0.137. The highest BCUT2D eigenvalue weighted by Crippen LogP contribution is 2.31. The number of nitrogens with zero attached hydrogens (tertiary/aromatic N) is 3. The number of nitrogens with one attached hydrogen (secondary N) is 1. The van der Waals surface area contributed by atoms with E-state index in [0.717, 1.165) is 18.4 Å². The smallest absolute Gasteiger partial charge is 0.330 e. The Morgan fingerprint density at radius 2 is 1.81 bits per heavy atom. The second-order valence-corrected chi connectivity index (χ2v) is 8.11. The Balaban J connectivity index is 1.70. The molecule has 0 amide bonds. The van der Waals surface area contributed by atoms with Gasteiger partial charge in [-0.2, -0.15) is 0 Å². The van der Waals surface area contributed by atoms with Crippen molar-refractivity contribution in [1.82, 2.24) is 19.1 Å². The molecule has 7 nitrogen and oxygen atoms in total. The van der Waals surface area contributed by atoms with Crippen LogP contribution in [0, 0.1) is 11.7 Å². The average Bonchev–Trinajstić information content (AvgIpc) is 3.50. The first-order valence-electron chi connectivity index (χ1n) is 10.3. The fourth-order valence-corrected chi connectivity index (χ4v) is 3.87. The van der Waals surface area contributed by atoms with E-state index in [4.69, 9.17) is 10.7 Å². The predicted octanol–water partition coefficient (Wildman–Crippen LogP) is 2.66. The zero-order valence-corrected chi connectivity index (χ0v) is 16.8. The normalized spacial score (nSPS) is 13.7. The van der Waals surface area contributed by atoms with Crippen LogP contribution in [0.4, 0.5) is 10.1 Å². The Hall–Kier alpha value is -3.68. The lowest BCUT2D eigenvalue weighted by Crippen LogP contribution is -2.31. The molecule has 2 heterocycles. The number of hydrogen-bond donors (Lipinski definition) is 2. The monoisotopic (exact) mass is 419 g/mol. The molecule has 1 fully saturated rings. The highest BCUT2D eigenvalue weighted by Gasteiger charge is 2.26. The van der Waals surface area contributed by atoms with Crippen LogP contribution in [0.3, 0.4) is 0 Å². The van der Waals surface area contributed by atoms with Crippen LogP contribution in [-0.4, -0.2) is 19.1 Å². The van der Waals surface area contributed by atoms with Gasteiger partial charge < -0.3 is 10.3 Å². The molecular weight excluding hydrogens is 397 g/mol. The van der Waals surface area contributed by atoms with Gasteiger partial charge in [0, 0.05) is 24.2 Å². The van der Waals surface area contributed by atoms with Gasteiger partial charge in [0.15, 0.2) is 11.2 Å². The maximum atomic E-state index is 14.4. The van der Waals surface area contributed by atoms with Gasteiger partial charge in [0.25, 0.3) is 5.56 Å². The Labute approximate surface area is 177 Å². The number of halogens is 1. The Bertz CT molecular complexity index is 1380. The SMILES string of the molecule is Nc1ccc(Cc2nc3c(c(=O)[nH]c(=O)n3CC3CC3)n2Cc2ccccc2F)cc1. The molecule has 0 bridgehead atoms. The maximum absolute atomic E-state index is 14.4. The fraction of sp³-hybridized carbons (Fsp3) is 0.261. The zero-order chi connectivity index (χ0) is 21.5. The quantitative estimate of drug-likeness (QED) is 0.470. The van der Waals surface area contributed by atoms with E-state index in [-0.39, 0.29) is 17.9 Å². The molecule has 2 aromatic carbocycles. The van der Waals surface area contributed by atoms with Crippen molar-refractivity contribution >= 4 is 16.9 Å². The highest BCUT2D eigenvalue weighted by molar-refractivity contribution is 5.71. The van der Waals surface area contributed by atoms with Gasteiger partial charge in [-0.1, -0.05) is 30.3 Å². The van der Waals surface area contributed by atoms with Crippen LogP contribution < -0.4 is 17.0 Å². The summed E-state index contributed by atoms with van der Waals surface area (Å²) in [4.78, 5) is 32.5. The van der Waals surface area contributed by atoms with Crippen LogP contribution in [0.5, 0.6) is 0 Å². The van der Waals surface area contributed by atoms with Gasteiger partial charge in [-0.3, -0.25) is 14.3 Å². The summed E-state index contributed by atoms with van der Waals surface area (Å²) in [7, 11) is 0. The fourth-order valence-electron chi connectivity index (χ4n) is 3.87. The minimum Gasteiger partial charge on any atom is -0.399 e. The molecule has 1 saturated carbocycles. The molecule has 8 heteroatoms. The number of nitrogen functional groups attached to an aromatic ring is 1. The van der Waals surface area contributed by atoms with E-state index in [9.17, 15) is 14.0 Å². The van der Waals surface area contributed by atoms with E-state index in [1.54, 1.807) is 39.5 Å². The van der Waals surface area contributed by atoms with E-state index in [1.807, 2.05) is 12.1 Å². The van der Waals surface area contributed by atoms with Crippen molar-refractivity contribution in [1.29, 1.82) is 0 Å². The van der Waals surface area contributed by atoms with Crippen LogP contribution in [0.25, 0.3) is 11.2 Å². The van der Waals surface area contributed by atoms with E-state index >= 15 is 0 Å². The van der Waals surface area contributed by atoms with E-state index in [2.05, 4.69) is 4.98 Å². The lowest BCUT2D eigenvalue weighted by Gasteiger charge is -2.10. The Morgan fingerprint density at radius 3 is 2.52 bits per heavy atom. The van der Waals surface area contributed by atoms with E-state index in [0.29, 0.717) is 41.6 Å². The number of anilines is 1. The number of aromatic nitrogens is 4. The van der Waals surface area contributed by atoms with Crippen LogP contribution in [-0.2, 0) is 19.5 Å². The second kappa shape index (κ2) is 7.54. The molecule has 0 radical (unpaired) electrons. The molecule has 0 saturated heterocycles. The summed E-state index contributed by atoms with van der Waals surface area (Å²) in [6.45, 7) is 0.655. The van der Waals surface area contributed by atoms with Crippen LogP contribution >= 0.6 is 0 Å². The Kier molecular flexibility index (Phi) is 4.69. The molecule has 0 unspecified atom stereocenters. The maximum Gasteiger partial charge on any atom is 0.330 e. The topological polar surface area (TPSA) is 98.7 Å². The number of hydrogen-bond acceptors (Lipinski definition) is 4. The van der Waals surface area contributed by atoms with Crippen LogP contribution in [0.2, 0.25) is 0 Å². The first-order chi connectivity index (χ1) is 15.0. The zero-order valence-electron chi connectivity index (χ0n) is 16.8. The number of fused-ring (bicyclic) bond motifs is 1. The molecule has 4 aromatic rings. The van der Waals surface area contributed by atoms with Crippen LogP contribution in [0.1, 0.15) is 29.8 Å². The molecular formula is C23H22FN5O2. The molecule has 31 heavy (non-hydrogen) atoms. The van der Waals surface area contributed by atoms with Gasteiger partial charge >= 0.3 is 5.69 Å². The number of aromatic amines is 1. The van der Waals surface area contributed by atoms with E-state index in [1.165, 1.54) is 6.07 Å². The number of nitrogens with two attached hydrogens (primary N) is 1. The molecule has 1 aliphatic rings. The second-order valence-electron chi connectivity index (χ2n) is 8.11. The summed E-state index contributed by atoms with van der Waals surface area (Å²) in [6, 6.07) is 13.8. The van der Waals surface area contributed by atoms with Crippen molar-refractivity contribution in [3.05, 3.63) is 92.1 Å². The summed E-state index contributed by atoms with van der Waals surface area (Å²) in [6.07, 6.45) is 2.53. The molecule has 0 atom stereocenters. The third kappa shape index (κ3) is 3.76. The molecule has 1 aliphatic carbocycles. The molecule has 2 aromatic heterocycles. The highest BCUT2D eigenvalue weighted by atomic mass is 19.1. The summed E-state index contributed by atoms with van der Waals surface area (Å²) >= 11 is 0. The third-order valence-electron chi connectivity index (χ3n) is 5.73. The third-order valence-corrected chi connectivity index (χ3v) is 5.73. The van der Waals surface area contributed by atoms with Crippen molar-refractivity contribution in [2.45, 2.75) is 32.4 Å². The largest absolute Gasteiger partial charge is 0.399 e. The number of benzene rings is 2. The molecule has 5 rings (SSSR count). The predicted molar refractivity (Wildman–Crippen MR) is 117 cm³/mol. The van der Waals surface area contributed by atoms with Gasteiger partial charge in [-0.05, 0) is 42.5 Å². The van der Waals surface area contributed by atoms with Gasteiger partial charge in [-0.15, -0.1) is 0 Å². The van der Waals surface area contributed by atoms with Gasteiger partial charge in [0.1, 0.15) is 11.6 Å². The first-order valence-corrected chi connectivity index (χ1v) is 10.3. The number of H-pyrrole nitrogens is 1. The lowest BCUT2D eigenvalue weighted by molar-refractivity contribution is 0.597. The summed E-state index contributed by atoms with van der Waals surface area (Å²) in [5, 5.41) is 0. The average molecular weight is 419 g/mol. The minimum atomic E-state index is -0.514. The van der Waals surface area contributed by atoms with Gasteiger partial charge in [-0.25, -0.2) is 14.2 Å². The summed E-state index contributed by atoms with van der Waals surface area (Å²) < 4.78 is 17.7. The van der Waals surface area contributed by atoms with Crippen molar-refractivity contribution in [2.24, 2.45) is 5.92 Å². The summed E-state index contributed by atoms with van der Waals surface area (Å²) in [5.74, 6) is 0.651. The van der Waals surface area contributed by atoms with Crippen molar-refractivity contribution in [3.63, 3.8) is 0 Å². The summed E-state index contributed by atoms with van der Waals surface area (Å²) in [5.41, 5.74) is 7.50. The lowest BCUT2D eigenvalue weighted by atomic mass is 10.1. The standard InChI is InChI=1S/C23H22FN5O2/c24-18-4-2-1-3-16(18)13-28-19(11-14-7-9-17(25)10-8-14)26-21-20(28)22(30)27-23(31)29(21)12-15-5-6-15/h1-4,7-10,15H,5-6,11-13,25H2,(H,27,30,31). The van der Waals surface area contributed by atoms with Crippen LogP contribution in [0.15, 0.2) is 58.1 Å². The van der Waals surface area contributed by atoms with Gasteiger partial charge in [0.2, 0.25) is 0 Å². The molecule has 0 aliphatic heterocycles. The number of rotatable bonds is 6. The number of imidazole rings is 1. The van der Waals surface area contributed by atoms with Crippen molar-refractivity contribution < 1.29 is 4.39 Å². The van der Waals surface area contributed by atoms with Gasteiger partial charge in [0.05, 0.1) is 6.54 Å². The Morgan fingerprint density at radius 1 is 1.06 bits per heavy atom. The first kappa shape index (κ1) is 19.3. The molecule has 0 spiro atoms. The van der Waals surface area contributed by atoms with Crippen molar-refractivity contribution in [3.8, 4) is 0 Å². The molecule has 158 valence electrons. The molecule has 3 N–H and O–H groups in total. The van der Waals surface area contributed by atoms with Crippen molar-refractivity contribution in [2.75, 3.05) is 5.73 Å². The van der Waals surface area contributed by atoms with E-state index < -0.39 is 11.2 Å².